The summed E-state index contributed by atoms with van der Waals surface area (Å²) in [4.78, 5) is 19.9. The molecule has 0 atom stereocenters. The third-order valence-corrected chi connectivity index (χ3v) is 6.76. The number of pyridine rings is 1. The van der Waals surface area contributed by atoms with E-state index in [1.54, 1.807) is 37.3 Å². The molecule has 0 N–H and O–H groups in total. The molecule has 1 saturated carbocycles. The fourth-order valence-corrected chi connectivity index (χ4v) is 4.32. The van der Waals surface area contributed by atoms with Gasteiger partial charge in [0, 0.05) is 44.0 Å². The van der Waals surface area contributed by atoms with E-state index in [-0.39, 0.29) is 25.3 Å². The lowest BCUT2D eigenvalue weighted by molar-refractivity contribution is -0.192. The molecule has 1 aliphatic carbocycles. The lowest BCUT2D eigenvalue weighted by Gasteiger charge is -2.34. The zero-order chi connectivity index (χ0) is 23.6. The van der Waals surface area contributed by atoms with Gasteiger partial charge in [0.15, 0.2) is 0 Å². The van der Waals surface area contributed by atoms with E-state index in [0.717, 1.165) is 24.0 Å². The topological polar surface area (TPSA) is 45.7 Å². The van der Waals surface area contributed by atoms with Crippen molar-refractivity contribution in [3.63, 3.8) is 0 Å². The monoisotopic (exact) mass is 461 g/mol. The molecule has 2 fully saturated rings. The van der Waals surface area contributed by atoms with Crippen LogP contribution in [0.2, 0.25) is 0 Å². The zero-order valence-electron chi connectivity index (χ0n) is 19.1. The summed E-state index contributed by atoms with van der Waals surface area (Å²) in [6.45, 7) is 2.03. The van der Waals surface area contributed by atoms with Crippen molar-refractivity contribution in [3.05, 3.63) is 48.2 Å². The van der Waals surface area contributed by atoms with Crippen LogP contribution in [0.5, 0.6) is 5.88 Å². The van der Waals surface area contributed by atoms with Gasteiger partial charge in [0.25, 0.3) is 5.91 Å². The van der Waals surface area contributed by atoms with Gasteiger partial charge in [0.1, 0.15) is 0 Å². The Kier molecular flexibility index (Phi) is 6.66. The predicted molar refractivity (Wildman–Crippen MR) is 120 cm³/mol. The van der Waals surface area contributed by atoms with Gasteiger partial charge in [0.05, 0.1) is 12.0 Å². The Morgan fingerprint density at radius 2 is 1.73 bits per heavy atom. The van der Waals surface area contributed by atoms with Crippen LogP contribution in [0.25, 0.3) is 11.1 Å². The van der Waals surface area contributed by atoms with Crippen LogP contribution in [-0.2, 0) is 0 Å². The summed E-state index contributed by atoms with van der Waals surface area (Å²) >= 11 is 0. The van der Waals surface area contributed by atoms with Crippen LogP contribution in [0.4, 0.5) is 13.2 Å². The zero-order valence-corrected chi connectivity index (χ0v) is 19.1. The van der Waals surface area contributed by atoms with Crippen LogP contribution >= 0.6 is 0 Å². The van der Waals surface area contributed by atoms with Crippen molar-refractivity contribution >= 4 is 5.91 Å². The molecule has 1 saturated heterocycles. The Balaban J connectivity index is 1.24. The minimum atomic E-state index is -4.09. The largest absolute Gasteiger partial charge is 0.477 e. The molecule has 0 radical (unpaired) electrons. The fourth-order valence-electron chi connectivity index (χ4n) is 4.32. The quantitative estimate of drug-likeness (QED) is 0.590. The number of carbonyl (C=O) groups is 1. The number of hydrogen-bond acceptors (Lipinski definition) is 4. The third-order valence-electron chi connectivity index (χ3n) is 6.76. The SMILES string of the molecule is CN(C)C(=O)c1ccc(-c2ccc(OCC3CCN(CC4(C(F)(F)F)CC4)CC3)nc2)cc1. The van der Waals surface area contributed by atoms with Gasteiger partial charge in [-0.3, -0.25) is 4.79 Å². The van der Waals surface area contributed by atoms with Crippen molar-refractivity contribution in [3.8, 4) is 17.0 Å². The number of benzene rings is 1. The Morgan fingerprint density at radius 3 is 2.24 bits per heavy atom. The van der Waals surface area contributed by atoms with E-state index in [1.165, 1.54) is 0 Å². The first kappa shape index (κ1) is 23.5. The number of carbonyl (C=O) groups excluding carboxylic acids is 1. The molecule has 1 aliphatic heterocycles. The molecule has 1 amide bonds. The van der Waals surface area contributed by atoms with Crippen molar-refractivity contribution < 1.29 is 22.7 Å². The van der Waals surface area contributed by atoms with Crippen LogP contribution in [0, 0.1) is 11.3 Å². The van der Waals surface area contributed by atoms with Crippen LogP contribution in [0.15, 0.2) is 42.6 Å². The summed E-state index contributed by atoms with van der Waals surface area (Å²) in [5, 5.41) is 0. The van der Waals surface area contributed by atoms with E-state index >= 15 is 0 Å². The van der Waals surface area contributed by atoms with Crippen molar-refractivity contribution in [1.82, 2.24) is 14.8 Å². The number of piperidine rings is 1. The summed E-state index contributed by atoms with van der Waals surface area (Å²) in [5.74, 6) is 0.821. The van der Waals surface area contributed by atoms with E-state index in [0.29, 0.717) is 37.1 Å². The first-order chi connectivity index (χ1) is 15.7. The summed E-state index contributed by atoms with van der Waals surface area (Å²) in [7, 11) is 3.44. The summed E-state index contributed by atoms with van der Waals surface area (Å²) in [5.41, 5.74) is 1.07. The van der Waals surface area contributed by atoms with Gasteiger partial charge in [-0.1, -0.05) is 12.1 Å². The van der Waals surface area contributed by atoms with E-state index in [2.05, 4.69) is 4.98 Å². The van der Waals surface area contributed by atoms with Gasteiger partial charge < -0.3 is 14.5 Å². The maximum atomic E-state index is 13.2. The Labute approximate surface area is 192 Å². The van der Waals surface area contributed by atoms with Crippen LogP contribution in [0.1, 0.15) is 36.0 Å². The molecule has 5 nitrogen and oxygen atoms in total. The average Bonchev–Trinajstić information content (AvgIpc) is 3.59. The highest BCUT2D eigenvalue weighted by Gasteiger charge is 2.63. The summed E-state index contributed by atoms with van der Waals surface area (Å²) in [6.07, 6.45) is -0.142. The van der Waals surface area contributed by atoms with E-state index in [9.17, 15) is 18.0 Å². The number of rotatable bonds is 7. The number of ether oxygens (including phenoxy) is 1. The molecule has 2 heterocycles. The molecule has 2 aliphatic rings. The van der Waals surface area contributed by atoms with Crippen LogP contribution < -0.4 is 4.74 Å². The number of alkyl halides is 3. The second-order valence-corrected chi connectivity index (χ2v) is 9.47. The first-order valence-corrected chi connectivity index (χ1v) is 11.4. The lowest BCUT2D eigenvalue weighted by atomic mass is 9.96. The highest BCUT2D eigenvalue weighted by molar-refractivity contribution is 5.94. The summed E-state index contributed by atoms with van der Waals surface area (Å²) < 4.78 is 45.4. The van der Waals surface area contributed by atoms with E-state index in [1.807, 2.05) is 29.2 Å². The minimum absolute atomic E-state index is 0.0401. The standard InChI is InChI=1S/C25H30F3N3O2/c1-30(2)23(32)20-5-3-19(4-6-20)21-7-8-22(29-15-21)33-16-18-9-13-31(14-10-18)17-24(11-12-24)25(26,27)28/h3-8,15,18H,9-14,16-17H2,1-2H3. The molecule has 0 spiro atoms. The van der Waals surface area contributed by atoms with Gasteiger partial charge in [-0.15, -0.1) is 0 Å². The molecule has 4 rings (SSSR count). The highest BCUT2D eigenvalue weighted by atomic mass is 19.4. The number of halogens is 3. The van der Waals surface area contributed by atoms with Gasteiger partial charge in [-0.05, 0) is 68.5 Å². The average molecular weight is 462 g/mol. The molecular formula is C25H30F3N3O2. The molecule has 8 heteroatoms. The maximum absolute atomic E-state index is 13.2. The van der Waals surface area contributed by atoms with Crippen molar-refractivity contribution in [2.24, 2.45) is 11.3 Å². The van der Waals surface area contributed by atoms with Gasteiger partial charge in [-0.2, -0.15) is 13.2 Å². The number of nitrogens with zero attached hydrogens (tertiary/aromatic N) is 3. The molecule has 0 bridgehead atoms. The van der Waals surface area contributed by atoms with E-state index in [4.69, 9.17) is 4.74 Å². The molecule has 33 heavy (non-hydrogen) atoms. The highest BCUT2D eigenvalue weighted by Crippen LogP contribution is 2.58. The molecule has 1 aromatic heterocycles. The molecule has 2 aromatic rings. The molecule has 178 valence electrons. The van der Waals surface area contributed by atoms with Crippen LogP contribution in [-0.4, -0.2) is 67.2 Å². The Bertz CT molecular complexity index is 946. The number of aromatic nitrogens is 1. The Hall–Kier alpha value is -2.61. The van der Waals surface area contributed by atoms with Crippen LogP contribution in [0.3, 0.4) is 0 Å². The lowest BCUT2D eigenvalue weighted by Crippen LogP contribution is -2.43. The maximum Gasteiger partial charge on any atom is 0.395 e. The number of likely N-dealkylation sites (tertiary alicyclic amines) is 1. The molecular weight excluding hydrogens is 431 g/mol. The Morgan fingerprint density at radius 1 is 1.09 bits per heavy atom. The molecule has 0 unspecified atom stereocenters. The van der Waals surface area contributed by atoms with Gasteiger partial charge in [-0.25, -0.2) is 4.98 Å². The number of hydrogen-bond donors (Lipinski definition) is 0. The third kappa shape index (κ3) is 5.49. The fraction of sp³-hybridized carbons (Fsp3) is 0.520. The van der Waals surface area contributed by atoms with Crippen molar-refractivity contribution in [2.45, 2.75) is 31.9 Å². The first-order valence-electron chi connectivity index (χ1n) is 11.4. The second-order valence-electron chi connectivity index (χ2n) is 9.47. The van der Waals surface area contributed by atoms with Gasteiger partial charge in [0.2, 0.25) is 5.88 Å². The van der Waals surface area contributed by atoms with Crippen molar-refractivity contribution in [2.75, 3.05) is 40.3 Å². The molecule has 1 aromatic carbocycles. The smallest absolute Gasteiger partial charge is 0.395 e. The predicted octanol–water partition coefficient (Wildman–Crippen LogP) is 4.88. The minimum Gasteiger partial charge on any atom is -0.477 e. The second kappa shape index (κ2) is 9.33. The van der Waals surface area contributed by atoms with E-state index < -0.39 is 11.6 Å². The van der Waals surface area contributed by atoms with Crippen molar-refractivity contribution in [1.29, 1.82) is 0 Å². The normalized spacial score (nSPS) is 18.7. The number of amides is 1. The summed E-state index contributed by atoms with van der Waals surface area (Å²) in [6, 6.07) is 11.1. The van der Waals surface area contributed by atoms with Gasteiger partial charge >= 0.3 is 6.18 Å².